The van der Waals surface area contributed by atoms with E-state index in [-0.39, 0.29) is 23.1 Å². The molecule has 1 fully saturated rings. The average molecular weight is 290 g/mol. The molecule has 21 heavy (non-hydrogen) atoms. The van der Waals surface area contributed by atoms with Crippen molar-refractivity contribution in [2.24, 2.45) is 0 Å². The van der Waals surface area contributed by atoms with Gasteiger partial charge in [0.1, 0.15) is 5.82 Å². The Morgan fingerprint density at radius 3 is 2.76 bits per heavy atom. The van der Waals surface area contributed by atoms with E-state index in [9.17, 15) is 9.18 Å². The van der Waals surface area contributed by atoms with Crippen molar-refractivity contribution in [3.8, 4) is 0 Å². The highest BCUT2D eigenvalue weighted by Crippen LogP contribution is 2.52. The lowest BCUT2D eigenvalue weighted by Crippen LogP contribution is -2.38. The van der Waals surface area contributed by atoms with Crippen LogP contribution in [-0.4, -0.2) is 38.0 Å². The first-order valence-corrected chi connectivity index (χ1v) is 7.73. The van der Waals surface area contributed by atoms with Crippen LogP contribution >= 0.6 is 0 Å². The van der Waals surface area contributed by atoms with Crippen molar-refractivity contribution in [1.29, 1.82) is 0 Å². The Bertz CT molecular complexity index is 550. The fraction of sp³-hybridized carbons (Fsp3) is 0.588. The highest BCUT2D eigenvalue weighted by Gasteiger charge is 2.44. The minimum absolute atomic E-state index is 0.0694. The summed E-state index contributed by atoms with van der Waals surface area (Å²) in [5.74, 6) is 0.223. The summed E-state index contributed by atoms with van der Waals surface area (Å²) < 4.78 is 13.7. The van der Waals surface area contributed by atoms with Gasteiger partial charge in [-0.05, 0) is 66.9 Å². The topological polar surface area (TPSA) is 32.3 Å². The van der Waals surface area contributed by atoms with Crippen LogP contribution in [0.15, 0.2) is 18.2 Å². The summed E-state index contributed by atoms with van der Waals surface area (Å²) >= 11 is 0. The summed E-state index contributed by atoms with van der Waals surface area (Å²) in [5, 5.41) is 3.39. The molecule has 1 amide bonds. The Hall–Kier alpha value is -1.42. The Kier molecular flexibility index (Phi) is 3.74. The molecule has 0 bridgehead atoms. The minimum Gasteiger partial charge on any atom is -0.349 e. The van der Waals surface area contributed by atoms with Crippen LogP contribution in [0.5, 0.6) is 0 Å². The molecule has 1 aliphatic carbocycles. The number of halogens is 1. The number of nitrogens with one attached hydrogen (secondary N) is 1. The monoisotopic (exact) mass is 290 g/mol. The van der Waals surface area contributed by atoms with Crippen LogP contribution in [0.4, 0.5) is 4.39 Å². The Morgan fingerprint density at radius 2 is 2.10 bits per heavy atom. The van der Waals surface area contributed by atoms with E-state index in [1.807, 2.05) is 6.07 Å². The van der Waals surface area contributed by atoms with E-state index >= 15 is 0 Å². The van der Waals surface area contributed by atoms with Gasteiger partial charge >= 0.3 is 0 Å². The molecule has 3 rings (SSSR count). The van der Waals surface area contributed by atoms with Crippen LogP contribution in [0, 0.1) is 5.82 Å². The molecule has 1 saturated heterocycles. The number of carbonyl (C=O) groups excluding carboxylic acids is 1. The average Bonchev–Trinajstić information content (AvgIpc) is 2.73. The predicted octanol–water partition coefficient (Wildman–Crippen LogP) is 2.41. The number of hydrogen-bond donors (Lipinski definition) is 1. The molecule has 0 saturated carbocycles. The first-order chi connectivity index (χ1) is 10.0. The predicted molar refractivity (Wildman–Crippen MR) is 80.9 cm³/mol. The number of benzene rings is 1. The second-order valence-corrected chi connectivity index (χ2v) is 6.66. The third-order valence-electron chi connectivity index (χ3n) is 5.14. The Morgan fingerprint density at radius 1 is 1.38 bits per heavy atom. The number of fused-ring (bicyclic) bond motifs is 2. The number of piperidine rings is 1. The third kappa shape index (κ3) is 2.57. The second kappa shape index (κ2) is 5.41. The first kappa shape index (κ1) is 14.5. The molecular formula is C17H23FN2O. The van der Waals surface area contributed by atoms with Crippen LogP contribution in [0.25, 0.3) is 0 Å². The van der Waals surface area contributed by atoms with E-state index in [1.54, 1.807) is 25.1 Å². The molecule has 0 radical (unpaired) electrons. The molecule has 1 aromatic carbocycles. The number of hydrogen-bond acceptors (Lipinski definition) is 2. The van der Waals surface area contributed by atoms with Crippen LogP contribution in [-0.2, 0) is 10.2 Å². The van der Waals surface area contributed by atoms with Gasteiger partial charge in [0, 0.05) is 20.5 Å². The molecule has 0 aromatic heterocycles. The highest BCUT2D eigenvalue weighted by atomic mass is 19.1. The van der Waals surface area contributed by atoms with E-state index in [4.69, 9.17) is 0 Å². The van der Waals surface area contributed by atoms with Crippen molar-refractivity contribution in [2.75, 3.05) is 27.2 Å². The lowest BCUT2D eigenvalue weighted by molar-refractivity contribution is -0.129. The zero-order valence-electron chi connectivity index (χ0n) is 12.8. The van der Waals surface area contributed by atoms with E-state index in [0.29, 0.717) is 6.42 Å². The van der Waals surface area contributed by atoms with Crippen LogP contribution in [0.2, 0.25) is 0 Å². The van der Waals surface area contributed by atoms with Crippen molar-refractivity contribution in [1.82, 2.24) is 10.2 Å². The van der Waals surface area contributed by atoms with E-state index in [2.05, 4.69) is 5.32 Å². The van der Waals surface area contributed by atoms with Crippen LogP contribution < -0.4 is 5.32 Å². The number of rotatable bonds is 2. The summed E-state index contributed by atoms with van der Waals surface area (Å²) in [4.78, 5) is 13.7. The van der Waals surface area contributed by atoms with Gasteiger partial charge in [-0.1, -0.05) is 6.07 Å². The molecule has 2 aliphatic rings. The molecule has 1 aliphatic heterocycles. The van der Waals surface area contributed by atoms with Crippen molar-refractivity contribution in [3.63, 3.8) is 0 Å². The molecule has 3 nitrogen and oxygen atoms in total. The molecule has 1 heterocycles. The summed E-state index contributed by atoms with van der Waals surface area (Å²) in [5.41, 5.74) is 2.41. The number of nitrogens with zero attached hydrogens (tertiary/aromatic N) is 1. The smallest absolute Gasteiger partial charge is 0.222 e. The Labute approximate surface area is 125 Å². The first-order valence-electron chi connectivity index (χ1n) is 7.73. The van der Waals surface area contributed by atoms with Crippen molar-refractivity contribution >= 4 is 5.91 Å². The fourth-order valence-electron chi connectivity index (χ4n) is 3.99. The van der Waals surface area contributed by atoms with Gasteiger partial charge in [-0.25, -0.2) is 4.39 Å². The van der Waals surface area contributed by atoms with Gasteiger partial charge < -0.3 is 10.2 Å². The molecule has 1 aromatic rings. The lowest BCUT2D eigenvalue weighted by atomic mass is 9.73. The molecule has 1 spiro atoms. The molecule has 1 N–H and O–H groups in total. The van der Waals surface area contributed by atoms with E-state index in [0.717, 1.165) is 37.9 Å². The quantitative estimate of drug-likeness (QED) is 0.907. The van der Waals surface area contributed by atoms with Gasteiger partial charge in [0.15, 0.2) is 0 Å². The van der Waals surface area contributed by atoms with Crippen LogP contribution in [0.1, 0.15) is 42.7 Å². The van der Waals surface area contributed by atoms with Crippen LogP contribution in [0.3, 0.4) is 0 Å². The van der Waals surface area contributed by atoms with Gasteiger partial charge in [-0.3, -0.25) is 4.79 Å². The summed E-state index contributed by atoms with van der Waals surface area (Å²) in [7, 11) is 3.59. The third-order valence-corrected chi connectivity index (χ3v) is 5.14. The zero-order valence-corrected chi connectivity index (χ0v) is 12.8. The maximum Gasteiger partial charge on any atom is 0.222 e. The fourth-order valence-corrected chi connectivity index (χ4v) is 3.99. The molecule has 4 heteroatoms. The highest BCUT2D eigenvalue weighted by molar-refractivity contribution is 5.77. The van der Waals surface area contributed by atoms with Gasteiger partial charge in [0.05, 0.1) is 0 Å². The maximum absolute atomic E-state index is 13.7. The summed E-state index contributed by atoms with van der Waals surface area (Å²) in [6.45, 7) is 1.95. The molecule has 0 unspecified atom stereocenters. The van der Waals surface area contributed by atoms with E-state index < -0.39 is 0 Å². The van der Waals surface area contributed by atoms with Gasteiger partial charge in [-0.15, -0.1) is 0 Å². The lowest BCUT2D eigenvalue weighted by Gasteiger charge is -2.35. The SMILES string of the molecule is CN(C)C(=O)C[C@@H]1CC2(CCNCC2)c2cc(F)ccc21. The normalized spacial score (nSPS) is 23.1. The van der Waals surface area contributed by atoms with E-state index in [1.165, 1.54) is 11.6 Å². The largest absolute Gasteiger partial charge is 0.349 e. The summed E-state index contributed by atoms with van der Waals surface area (Å²) in [6, 6.07) is 5.14. The summed E-state index contributed by atoms with van der Waals surface area (Å²) in [6.07, 6.45) is 3.58. The molecular weight excluding hydrogens is 267 g/mol. The van der Waals surface area contributed by atoms with Crippen molar-refractivity contribution in [2.45, 2.75) is 37.0 Å². The Balaban J connectivity index is 1.94. The van der Waals surface area contributed by atoms with Crippen molar-refractivity contribution in [3.05, 3.63) is 35.1 Å². The van der Waals surface area contributed by atoms with Gasteiger partial charge in [0.2, 0.25) is 5.91 Å². The zero-order chi connectivity index (χ0) is 15.0. The molecule has 114 valence electrons. The second-order valence-electron chi connectivity index (χ2n) is 6.66. The van der Waals surface area contributed by atoms with Crippen molar-refractivity contribution < 1.29 is 9.18 Å². The number of amides is 1. The van der Waals surface area contributed by atoms with Gasteiger partial charge in [-0.2, -0.15) is 0 Å². The minimum atomic E-state index is -0.161. The molecule has 1 atom stereocenters. The van der Waals surface area contributed by atoms with Gasteiger partial charge in [0.25, 0.3) is 0 Å². The number of carbonyl (C=O) groups is 1. The standard InChI is InChI=1S/C17H23FN2O/c1-20(2)16(21)9-12-11-17(5-7-19-8-6-17)15-10-13(18)3-4-14(12)15/h3-4,10,12,19H,5-9,11H2,1-2H3/t12-/m1/s1. The maximum atomic E-state index is 13.7.